The lowest BCUT2D eigenvalue weighted by Crippen LogP contribution is -2.62. The van der Waals surface area contributed by atoms with Crippen LogP contribution in [0.15, 0.2) is 42.5 Å². The molecule has 0 aromatic heterocycles. The quantitative estimate of drug-likeness (QED) is 0.758. The SMILES string of the molecule is CC(C)(NC(=O)CCN1C(=O)c2ccccc2N2C(=O)CCC12C)c1ccc2c(c1)OCO2. The average molecular weight is 450 g/mol. The van der Waals surface area contributed by atoms with E-state index in [-0.39, 0.29) is 37.5 Å². The number of fused-ring (bicyclic) bond motifs is 4. The molecule has 0 spiro atoms. The van der Waals surface area contributed by atoms with Gasteiger partial charge in [0.1, 0.15) is 5.66 Å². The third-order valence-corrected chi connectivity index (χ3v) is 6.85. The number of anilines is 1. The molecule has 0 saturated carbocycles. The Morgan fingerprint density at radius 3 is 2.70 bits per heavy atom. The van der Waals surface area contributed by atoms with Crippen LogP contribution in [0.5, 0.6) is 11.5 Å². The normalized spacial score (nSPS) is 21.2. The van der Waals surface area contributed by atoms with Crippen molar-refractivity contribution >= 4 is 23.4 Å². The Labute approximate surface area is 192 Å². The van der Waals surface area contributed by atoms with Gasteiger partial charge in [-0.15, -0.1) is 0 Å². The van der Waals surface area contributed by atoms with Gasteiger partial charge in [0.25, 0.3) is 5.91 Å². The first-order chi connectivity index (χ1) is 15.7. The summed E-state index contributed by atoms with van der Waals surface area (Å²) in [7, 11) is 0. The van der Waals surface area contributed by atoms with Crippen molar-refractivity contribution in [3.8, 4) is 11.5 Å². The minimum Gasteiger partial charge on any atom is -0.454 e. The molecular formula is C25H27N3O5. The lowest BCUT2D eigenvalue weighted by atomic mass is 9.93. The minimum absolute atomic E-state index is 0.00385. The van der Waals surface area contributed by atoms with Gasteiger partial charge in [0.05, 0.1) is 16.8 Å². The number of hydrogen-bond donors (Lipinski definition) is 1. The van der Waals surface area contributed by atoms with Gasteiger partial charge in [0, 0.05) is 19.4 Å². The Kier molecular flexibility index (Phi) is 4.84. The lowest BCUT2D eigenvalue weighted by Gasteiger charge is -2.48. The Hall–Kier alpha value is -3.55. The van der Waals surface area contributed by atoms with E-state index < -0.39 is 11.2 Å². The van der Waals surface area contributed by atoms with Crippen LogP contribution in [0.3, 0.4) is 0 Å². The number of carbonyl (C=O) groups is 3. The van der Waals surface area contributed by atoms with Crippen molar-refractivity contribution in [2.75, 3.05) is 18.2 Å². The van der Waals surface area contributed by atoms with E-state index in [4.69, 9.17) is 9.47 Å². The zero-order valence-electron chi connectivity index (χ0n) is 19.0. The molecule has 1 atom stereocenters. The second-order valence-electron chi connectivity index (χ2n) is 9.41. The number of para-hydroxylation sites is 1. The number of benzene rings is 2. The monoisotopic (exact) mass is 449 g/mol. The third kappa shape index (κ3) is 3.41. The van der Waals surface area contributed by atoms with Crippen LogP contribution in [0.1, 0.15) is 56.0 Å². The van der Waals surface area contributed by atoms with Crippen molar-refractivity contribution in [3.05, 3.63) is 53.6 Å². The Balaban J connectivity index is 1.32. The van der Waals surface area contributed by atoms with Gasteiger partial charge >= 0.3 is 0 Å². The van der Waals surface area contributed by atoms with Gasteiger partial charge in [-0.1, -0.05) is 18.2 Å². The first-order valence-electron chi connectivity index (χ1n) is 11.2. The molecule has 5 rings (SSSR count). The van der Waals surface area contributed by atoms with E-state index in [2.05, 4.69) is 5.32 Å². The molecule has 2 aromatic carbocycles. The van der Waals surface area contributed by atoms with Crippen molar-refractivity contribution in [1.29, 1.82) is 0 Å². The molecule has 1 N–H and O–H groups in total. The summed E-state index contributed by atoms with van der Waals surface area (Å²) in [6.45, 7) is 6.15. The largest absolute Gasteiger partial charge is 0.454 e. The number of rotatable bonds is 5. The van der Waals surface area contributed by atoms with Crippen molar-refractivity contribution in [1.82, 2.24) is 10.2 Å². The number of hydrogen-bond acceptors (Lipinski definition) is 5. The molecule has 3 amide bonds. The van der Waals surface area contributed by atoms with Gasteiger partial charge in [-0.3, -0.25) is 19.3 Å². The van der Waals surface area contributed by atoms with Crippen LogP contribution in [0.4, 0.5) is 5.69 Å². The lowest BCUT2D eigenvalue weighted by molar-refractivity contribution is -0.123. The summed E-state index contributed by atoms with van der Waals surface area (Å²) >= 11 is 0. The van der Waals surface area contributed by atoms with E-state index in [1.54, 1.807) is 21.9 Å². The van der Waals surface area contributed by atoms with E-state index in [9.17, 15) is 14.4 Å². The standard InChI is InChI=1S/C25H27N3O5/c1-24(2,16-8-9-19-20(14-16)33-15-32-19)26-21(29)11-13-27-23(31)17-6-4-5-7-18(17)28-22(30)10-12-25(27,28)3/h4-9,14H,10-13,15H2,1-3H3,(H,26,29). The van der Waals surface area contributed by atoms with E-state index in [0.717, 1.165) is 5.56 Å². The fourth-order valence-corrected chi connectivity index (χ4v) is 5.02. The van der Waals surface area contributed by atoms with E-state index in [1.807, 2.05) is 51.1 Å². The smallest absolute Gasteiger partial charge is 0.257 e. The van der Waals surface area contributed by atoms with Crippen LogP contribution >= 0.6 is 0 Å². The molecule has 0 radical (unpaired) electrons. The van der Waals surface area contributed by atoms with Crippen molar-refractivity contribution < 1.29 is 23.9 Å². The maximum Gasteiger partial charge on any atom is 0.257 e. The predicted molar refractivity (Wildman–Crippen MR) is 121 cm³/mol. The van der Waals surface area contributed by atoms with Gasteiger partial charge in [-0.2, -0.15) is 0 Å². The number of carbonyl (C=O) groups excluding carboxylic acids is 3. The van der Waals surface area contributed by atoms with Gasteiger partial charge < -0.3 is 19.7 Å². The molecule has 0 bridgehead atoms. The fourth-order valence-electron chi connectivity index (χ4n) is 5.02. The van der Waals surface area contributed by atoms with Crippen molar-refractivity contribution in [2.45, 2.75) is 51.2 Å². The van der Waals surface area contributed by atoms with Gasteiger partial charge in [-0.25, -0.2) is 0 Å². The molecule has 3 aliphatic heterocycles. The molecule has 3 aliphatic rings. The van der Waals surface area contributed by atoms with Crippen molar-refractivity contribution in [3.63, 3.8) is 0 Å². The maximum atomic E-state index is 13.3. The maximum absolute atomic E-state index is 13.3. The second kappa shape index (κ2) is 7.50. The predicted octanol–water partition coefficient (Wildman–Crippen LogP) is 3.16. The molecule has 1 fully saturated rings. The zero-order chi connectivity index (χ0) is 23.4. The molecule has 33 heavy (non-hydrogen) atoms. The molecule has 8 heteroatoms. The summed E-state index contributed by atoms with van der Waals surface area (Å²) in [5.74, 6) is 1.02. The number of amides is 3. The number of nitrogens with one attached hydrogen (secondary N) is 1. The molecule has 1 unspecified atom stereocenters. The van der Waals surface area contributed by atoms with Crippen LogP contribution in [0, 0.1) is 0 Å². The molecule has 0 aliphatic carbocycles. The summed E-state index contributed by atoms with van der Waals surface area (Å²) in [5.41, 5.74) is 0.622. The molecule has 2 aromatic rings. The highest BCUT2D eigenvalue weighted by Crippen LogP contribution is 2.44. The Bertz CT molecular complexity index is 1160. The minimum atomic E-state index is -0.768. The fraction of sp³-hybridized carbons (Fsp3) is 0.400. The topological polar surface area (TPSA) is 88.2 Å². The van der Waals surface area contributed by atoms with E-state index >= 15 is 0 Å². The molecule has 172 valence electrons. The molecule has 3 heterocycles. The van der Waals surface area contributed by atoms with Crippen LogP contribution < -0.4 is 19.7 Å². The number of nitrogens with zero attached hydrogens (tertiary/aromatic N) is 2. The van der Waals surface area contributed by atoms with Gasteiger partial charge in [-0.05, 0) is 57.0 Å². The third-order valence-electron chi connectivity index (χ3n) is 6.85. The van der Waals surface area contributed by atoms with Crippen LogP contribution in [-0.4, -0.2) is 41.6 Å². The summed E-state index contributed by atoms with van der Waals surface area (Å²) in [5, 5.41) is 3.06. The van der Waals surface area contributed by atoms with Crippen LogP contribution in [0.25, 0.3) is 0 Å². The Morgan fingerprint density at radius 2 is 1.88 bits per heavy atom. The summed E-state index contributed by atoms with van der Waals surface area (Å²) < 4.78 is 10.8. The molecule has 1 saturated heterocycles. The highest BCUT2D eigenvalue weighted by atomic mass is 16.7. The summed E-state index contributed by atoms with van der Waals surface area (Å²) in [4.78, 5) is 42.3. The van der Waals surface area contributed by atoms with E-state index in [1.165, 1.54) is 0 Å². The highest BCUT2D eigenvalue weighted by Gasteiger charge is 2.52. The average Bonchev–Trinajstić information content (AvgIpc) is 3.37. The summed E-state index contributed by atoms with van der Waals surface area (Å²) in [6, 6.07) is 12.8. The molecule has 8 nitrogen and oxygen atoms in total. The highest BCUT2D eigenvalue weighted by molar-refractivity contribution is 6.10. The van der Waals surface area contributed by atoms with Crippen molar-refractivity contribution in [2.24, 2.45) is 0 Å². The van der Waals surface area contributed by atoms with Gasteiger partial charge in [0.2, 0.25) is 18.6 Å². The number of ether oxygens (including phenoxy) is 2. The van der Waals surface area contributed by atoms with Gasteiger partial charge in [0.15, 0.2) is 11.5 Å². The Morgan fingerprint density at radius 1 is 1.12 bits per heavy atom. The first-order valence-corrected chi connectivity index (χ1v) is 11.2. The summed E-state index contributed by atoms with van der Waals surface area (Å²) in [6.07, 6.45) is 1.04. The zero-order valence-corrected chi connectivity index (χ0v) is 19.0. The van der Waals surface area contributed by atoms with Crippen LogP contribution in [0.2, 0.25) is 0 Å². The second-order valence-corrected chi connectivity index (χ2v) is 9.41. The molecular weight excluding hydrogens is 422 g/mol. The first kappa shape index (κ1) is 21.3. The van der Waals surface area contributed by atoms with Crippen LogP contribution in [-0.2, 0) is 15.1 Å². The van der Waals surface area contributed by atoms with E-state index in [0.29, 0.717) is 35.6 Å².